The van der Waals surface area contributed by atoms with E-state index in [4.69, 9.17) is 0 Å². The Bertz CT molecular complexity index is 1100. The number of benzene rings is 1. The molecule has 6 nitrogen and oxygen atoms in total. The van der Waals surface area contributed by atoms with Crippen molar-refractivity contribution in [2.45, 2.75) is 19.6 Å². The molecule has 0 spiro atoms. The molecule has 1 aromatic carbocycles. The molecule has 2 aromatic heterocycles. The fraction of sp³-hybridized carbons (Fsp3) is 0.350. The lowest BCUT2D eigenvalue weighted by atomic mass is 10.1. The lowest BCUT2D eigenvalue weighted by molar-refractivity contribution is -0.137. The monoisotopic (exact) mass is 435 g/mol. The summed E-state index contributed by atoms with van der Waals surface area (Å²) in [5.41, 5.74) is 2.05. The highest BCUT2D eigenvalue weighted by atomic mass is 32.2. The minimum Gasteiger partial charge on any atom is -0.368 e. The highest BCUT2D eigenvalue weighted by molar-refractivity contribution is 7.85. The van der Waals surface area contributed by atoms with Gasteiger partial charge in [0.2, 0.25) is 0 Å². The van der Waals surface area contributed by atoms with E-state index in [9.17, 15) is 17.4 Å². The molecule has 0 unspecified atom stereocenters. The highest BCUT2D eigenvalue weighted by Gasteiger charge is 2.30. The number of halogens is 3. The van der Waals surface area contributed by atoms with Crippen molar-refractivity contribution >= 4 is 33.2 Å². The van der Waals surface area contributed by atoms with Crippen LogP contribution in [0.15, 0.2) is 36.5 Å². The summed E-state index contributed by atoms with van der Waals surface area (Å²) >= 11 is 0. The number of pyridine rings is 1. The number of aromatic nitrogens is 3. The van der Waals surface area contributed by atoms with E-state index in [0.717, 1.165) is 23.2 Å². The Morgan fingerprint density at radius 3 is 2.67 bits per heavy atom. The zero-order chi connectivity index (χ0) is 21.3. The maximum absolute atomic E-state index is 13.0. The van der Waals surface area contributed by atoms with Gasteiger partial charge in [0.15, 0.2) is 5.82 Å². The molecule has 1 aliphatic rings. The number of hydrogen-bond donors (Lipinski definition) is 1. The first-order valence-corrected chi connectivity index (χ1v) is 10.9. The summed E-state index contributed by atoms with van der Waals surface area (Å²) in [6, 6.07) is 7.13. The number of alkyl halides is 3. The average molecular weight is 435 g/mol. The van der Waals surface area contributed by atoms with Crippen LogP contribution in [0, 0.1) is 6.92 Å². The number of rotatable bonds is 4. The van der Waals surface area contributed by atoms with Gasteiger partial charge in [0.25, 0.3) is 0 Å². The van der Waals surface area contributed by atoms with E-state index < -0.39 is 22.5 Å². The lowest BCUT2D eigenvalue weighted by Crippen LogP contribution is -2.37. The van der Waals surface area contributed by atoms with Crippen molar-refractivity contribution in [3.8, 4) is 0 Å². The normalized spacial score (nSPS) is 15.5. The Hall–Kier alpha value is -2.75. The topological polar surface area (TPSA) is 71.0 Å². The number of nitrogens with one attached hydrogen (secondary N) is 1. The Kier molecular flexibility index (Phi) is 5.59. The first kappa shape index (κ1) is 20.5. The largest absolute Gasteiger partial charge is 0.416 e. The van der Waals surface area contributed by atoms with Gasteiger partial charge < -0.3 is 10.2 Å². The minimum atomic E-state index is -4.39. The second-order valence-electron chi connectivity index (χ2n) is 7.11. The van der Waals surface area contributed by atoms with Gasteiger partial charge in [-0.2, -0.15) is 18.3 Å². The summed E-state index contributed by atoms with van der Waals surface area (Å²) in [6.07, 6.45) is -2.62. The first-order valence-electron chi connectivity index (χ1n) is 9.44. The van der Waals surface area contributed by atoms with Gasteiger partial charge in [-0.1, -0.05) is 12.1 Å². The van der Waals surface area contributed by atoms with Gasteiger partial charge in [0.1, 0.15) is 0 Å². The van der Waals surface area contributed by atoms with Crippen LogP contribution in [-0.2, 0) is 23.5 Å². The maximum atomic E-state index is 13.0. The Labute approximate surface area is 174 Å². The van der Waals surface area contributed by atoms with E-state index in [-0.39, 0.29) is 6.54 Å². The number of nitrogens with zero attached hydrogens (tertiary/aromatic N) is 4. The lowest BCUT2D eigenvalue weighted by Gasteiger charge is -2.28. The summed E-state index contributed by atoms with van der Waals surface area (Å²) < 4.78 is 50.5. The van der Waals surface area contributed by atoms with Gasteiger partial charge in [-0.15, -0.1) is 5.10 Å². The van der Waals surface area contributed by atoms with E-state index in [1.165, 1.54) is 6.07 Å². The van der Waals surface area contributed by atoms with Crippen LogP contribution in [0.3, 0.4) is 0 Å². The molecule has 1 fully saturated rings. The summed E-state index contributed by atoms with van der Waals surface area (Å²) in [6.45, 7) is 3.35. The summed E-state index contributed by atoms with van der Waals surface area (Å²) in [4.78, 5) is 6.65. The quantitative estimate of drug-likeness (QED) is 0.676. The van der Waals surface area contributed by atoms with E-state index in [1.807, 2.05) is 13.0 Å². The molecular weight excluding hydrogens is 415 g/mol. The summed E-state index contributed by atoms with van der Waals surface area (Å²) in [5, 5.41) is 12.2. The van der Waals surface area contributed by atoms with Crippen LogP contribution in [0.25, 0.3) is 10.9 Å². The van der Waals surface area contributed by atoms with E-state index in [0.29, 0.717) is 47.2 Å². The molecular formula is C20H20F3N5OS. The molecule has 0 radical (unpaired) electrons. The number of fused-ring (bicyclic) bond motifs is 1. The third-order valence-corrected chi connectivity index (χ3v) is 6.30. The molecule has 0 aliphatic carbocycles. The molecule has 0 amide bonds. The van der Waals surface area contributed by atoms with Crippen molar-refractivity contribution in [2.24, 2.45) is 0 Å². The van der Waals surface area contributed by atoms with E-state index in [1.54, 1.807) is 12.3 Å². The third-order valence-electron chi connectivity index (χ3n) is 5.03. The van der Waals surface area contributed by atoms with Crippen molar-refractivity contribution in [3.63, 3.8) is 0 Å². The third kappa shape index (κ3) is 4.38. The second-order valence-corrected chi connectivity index (χ2v) is 8.81. The number of anilines is 2. The number of aryl methyl sites for hydroxylation is 1. The minimum absolute atomic E-state index is 0.170. The molecule has 10 heteroatoms. The van der Waals surface area contributed by atoms with Crippen molar-refractivity contribution in [1.29, 1.82) is 0 Å². The Morgan fingerprint density at radius 2 is 1.93 bits per heavy atom. The molecule has 3 aromatic rings. The molecule has 30 heavy (non-hydrogen) atoms. The van der Waals surface area contributed by atoms with Gasteiger partial charge in [0, 0.05) is 47.3 Å². The van der Waals surface area contributed by atoms with Crippen LogP contribution >= 0.6 is 0 Å². The molecule has 0 bridgehead atoms. The van der Waals surface area contributed by atoms with Crippen LogP contribution in [0.5, 0.6) is 0 Å². The van der Waals surface area contributed by atoms with E-state index >= 15 is 0 Å². The Morgan fingerprint density at radius 1 is 1.17 bits per heavy atom. The molecule has 1 N–H and O–H groups in total. The molecule has 158 valence electrons. The summed E-state index contributed by atoms with van der Waals surface area (Å²) in [7, 11) is -0.779. The van der Waals surface area contributed by atoms with Crippen LogP contribution in [-0.4, -0.2) is 44.0 Å². The van der Waals surface area contributed by atoms with Gasteiger partial charge in [0.05, 0.1) is 28.7 Å². The smallest absolute Gasteiger partial charge is 0.368 e. The van der Waals surface area contributed by atoms with Gasteiger partial charge in [-0.3, -0.25) is 9.19 Å². The SMILES string of the molecule is Cc1nnc(NCc2cccc(C(F)(F)F)c2)c2cc(N3CCS(=O)CC3)cnc12. The van der Waals surface area contributed by atoms with E-state index in [2.05, 4.69) is 25.4 Å². The maximum Gasteiger partial charge on any atom is 0.416 e. The predicted octanol–water partition coefficient (Wildman–Crippen LogP) is 3.53. The highest BCUT2D eigenvalue weighted by Crippen LogP contribution is 2.30. The molecule has 0 atom stereocenters. The molecule has 0 saturated carbocycles. The van der Waals surface area contributed by atoms with Gasteiger partial charge in [-0.25, -0.2) is 0 Å². The van der Waals surface area contributed by atoms with Crippen LogP contribution < -0.4 is 10.2 Å². The van der Waals surface area contributed by atoms with Crippen LogP contribution in [0.1, 0.15) is 16.8 Å². The van der Waals surface area contributed by atoms with Crippen molar-refractivity contribution < 1.29 is 17.4 Å². The van der Waals surface area contributed by atoms with Gasteiger partial charge in [-0.05, 0) is 30.7 Å². The standard InChI is InChI=1S/C20H20F3N5OS/c1-13-18-17(10-16(12-24-18)28-5-7-30(29)8-6-28)19(27-26-13)25-11-14-3-2-4-15(9-14)20(21,22)23/h2-4,9-10,12H,5-8,11H2,1H3,(H,25,27). The molecule has 4 rings (SSSR count). The van der Waals surface area contributed by atoms with Gasteiger partial charge >= 0.3 is 6.18 Å². The van der Waals surface area contributed by atoms with Crippen molar-refractivity contribution in [1.82, 2.24) is 15.2 Å². The second kappa shape index (κ2) is 8.17. The fourth-order valence-corrected chi connectivity index (χ4v) is 4.44. The summed E-state index contributed by atoms with van der Waals surface area (Å²) in [5.74, 6) is 1.70. The fourth-order valence-electron chi connectivity index (χ4n) is 3.39. The first-order chi connectivity index (χ1) is 14.3. The molecule has 1 aliphatic heterocycles. The Balaban J connectivity index is 1.61. The number of hydrogen-bond acceptors (Lipinski definition) is 6. The molecule has 1 saturated heterocycles. The average Bonchev–Trinajstić information content (AvgIpc) is 2.73. The van der Waals surface area contributed by atoms with Crippen LogP contribution in [0.4, 0.5) is 24.7 Å². The molecule has 3 heterocycles. The van der Waals surface area contributed by atoms with Crippen molar-refractivity contribution in [2.75, 3.05) is 34.8 Å². The van der Waals surface area contributed by atoms with Crippen LogP contribution in [0.2, 0.25) is 0 Å². The predicted molar refractivity (Wildman–Crippen MR) is 111 cm³/mol. The zero-order valence-electron chi connectivity index (χ0n) is 16.2. The van der Waals surface area contributed by atoms with Crippen molar-refractivity contribution in [3.05, 3.63) is 53.3 Å². The zero-order valence-corrected chi connectivity index (χ0v) is 17.1.